The van der Waals surface area contributed by atoms with Gasteiger partial charge in [0.25, 0.3) is 0 Å². The van der Waals surface area contributed by atoms with Crippen LogP contribution in [0.1, 0.15) is 58.6 Å². The third-order valence-electron chi connectivity index (χ3n) is 3.79. The second-order valence-corrected chi connectivity index (χ2v) is 6.54. The van der Waals surface area contributed by atoms with Crippen LogP contribution in [-0.4, -0.2) is 47.2 Å². The molecule has 3 rings (SSSR count). The summed E-state index contributed by atoms with van der Waals surface area (Å²) in [6.45, 7) is 5.71. The molecule has 1 aromatic rings. The Hall–Kier alpha value is -0.980. The van der Waals surface area contributed by atoms with E-state index in [1.807, 2.05) is 0 Å². The molecule has 110 valence electrons. The first-order chi connectivity index (χ1) is 9.69. The van der Waals surface area contributed by atoms with Crippen molar-refractivity contribution in [1.29, 1.82) is 0 Å². The molecule has 0 amide bonds. The van der Waals surface area contributed by atoms with Crippen LogP contribution in [0.3, 0.4) is 0 Å². The van der Waals surface area contributed by atoms with Gasteiger partial charge in [0.05, 0.1) is 12.3 Å². The smallest absolute Gasteiger partial charge is 0.347 e. The van der Waals surface area contributed by atoms with E-state index in [0.717, 1.165) is 49.6 Å². The molecule has 1 unspecified atom stereocenters. The van der Waals surface area contributed by atoms with Gasteiger partial charge in [0.15, 0.2) is 0 Å². The Bertz CT molecular complexity index is 497. The number of aromatic nitrogens is 1. The van der Waals surface area contributed by atoms with E-state index in [1.165, 1.54) is 11.3 Å². The van der Waals surface area contributed by atoms with Crippen LogP contribution in [-0.2, 0) is 4.74 Å². The minimum atomic E-state index is -0.850. The summed E-state index contributed by atoms with van der Waals surface area (Å²) in [6.07, 6.45) is 3.19. The zero-order valence-electron chi connectivity index (χ0n) is 11.7. The summed E-state index contributed by atoms with van der Waals surface area (Å²) < 4.78 is 5.80. The number of carboxylic acids is 1. The van der Waals surface area contributed by atoms with E-state index in [4.69, 9.17) is 4.74 Å². The lowest BCUT2D eigenvalue weighted by Crippen LogP contribution is -2.38. The quantitative estimate of drug-likeness (QED) is 0.904. The molecule has 1 atom stereocenters. The van der Waals surface area contributed by atoms with Gasteiger partial charge in [0.2, 0.25) is 0 Å². The van der Waals surface area contributed by atoms with Crippen LogP contribution in [0.4, 0.5) is 0 Å². The molecule has 1 saturated carbocycles. The maximum atomic E-state index is 11.3. The Morgan fingerprint density at radius 1 is 1.55 bits per heavy atom. The van der Waals surface area contributed by atoms with Gasteiger partial charge in [0.1, 0.15) is 16.0 Å². The molecule has 0 aromatic carbocycles. The lowest BCUT2D eigenvalue weighted by Gasteiger charge is -2.31. The van der Waals surface area contributed by atoms with Crippen LogP contribution >= 0.6 is 11.3 Å². The van der Waals surface area contributed by atoms with E-state index < -0.39 is 5.97 Å². The average Bonchev–Trinajstić information content (AvgIpc) is 3.18. The number of aromatic carboxylic acids is 1. The zero-order chi connectivity index (χ0) is 14.1. The third-order valence-corrected chi connectivity index (χ3v) is 4.95. The molecule has 5 nitrogen and oxygen atoms in total. The van der Waals surface area contributed by atoms with Gasteiger partial charge in [0, 0.05) is 19.0 Å². The lowest BCUT2D eigenvalue weighted by atomic mass is 10.2. The highest BCUT2D eigenvalue weighted by Crippen LogP contribution is 2.43. The number of carboxylic acid groups (broad SMARTS) is 1. The number of hydrogen-bond donors (Lipinski definition) is 1. The fourth-order valence-electron chi connectivity index (χ4n) is 2.64. The van der Waals surface area contributed by atoms with Crippen LogP contribution in [0.25, 0.3) is 0 Å². The molecule has 1 saturated heterocycles. The lowest BCUT2D eigenvalue weighted by molar-refractivity contribution is -0.0299. The first kappa shape index (κ1) is 14.0. The molecular weight excluding hydrogens is 276 g/mol. The molecule has 0 radical (unpaired) electrons. The number of hydrogen-bond acceptors (Lipinski definition) is 5. The van der Waals surface area contributed by atoms with Crippen molar-refractivity contribution in [2.75, 3.05) is 26.2 Å². The molecule has 1 aromatic heterocycles. The molecule has 20 heavy (non-hydrogen) atoms. The normalized spacial score (nSPS) is 23.9. The third kappa shape index (κ3) is 2.87. The van der Waals surface area contributed by atoms with Crippen LogP contribution < -0.4 is 0 Å². The highest BCUT2D eigenvalue weighted by atomic mass is 32.1. The fraction of sp³-hybridized carbons (Fsp3) is 0.714. The molecular formula is C14H20N2O3S. The van der Waals surface area contributed by atoms with Crippen molar-refractivity contribution in [3.05, 3.63) is 15.6 Å². The monoisotopic (exact) mass is 296 g/mol. The van der Waals surface area contributed by atoms with Crippen molar-refractivity contribution in [2.24, 2.45) is 0 Å². The number of ether oxygens (including phenoxy) is 1. The van der Waals surface area contributed by atoms with E-state index in [9.17, 15) is 9.90 Å². The summed E-state index contributed by atoms with van der Waals surface area (Å²) in [4.78, 5) is 18.7. The van der Waals surface area contributed by atoms with Crippen LogP contribution in [0, 0.1) is 0 Å². The zero-order valence-corrected chi connectivity index (χ0v) is 12.5. The molecule has 1 N–H and O–H groups in total. The van der Waals surface area contributed by atoms with Crippen LogP contribution in [0.2, 0.25) is 0 Å². The molecule has 2 heterocycles. The highest BCUT2D eigenvalue weighted by Gasteiger charge is 2.34. The van der Waals surface area contributed by atoms with E-state index in [2.05, 4.69) is 16.8 Å². The maximum Gasteiger partial charge on any atom is 0.347 e. The predicted octanol–water partition coefficient (Wildman–Crippen LogP) is 2.50. The summed E-state index contributed by atoms with van der Waals surface area (Å²) in [7, 11) is 0. The minimum Gasteiger partial charge on any atom is -0.477 e. The number of nitrogens with zero attached hydrogens (tertiary/aromatic N) is 2. The molecule has 0 spiro atoms. The Balaban J connectivity index is 1.79. The van der Waals surface area contributed by atoms with E-state index in [1.54, 1.807) is 0 Å². The highest BCUT2D eigenvalue weighted by molar-refractivity contribution is 7.13. The van der Waals surface area contributed by atoms with Gasteiger partial charge in [-0.2, -0.15) is 0 Å². The van der Waals surface area contributed by atoms with Gasteiger partial charge in [-0.05, 0) is 25.8 Å². The largest absolute Gasteiger partial charge is 0.477 e. The van der Waals surface area contributed by atoms with Crippen molar-refractivity contribution in [3.8, 4) is 0 Å². The van der Waals surface area contributed by atoms with Crippen molar-refractivity contribution in [3.63, 3.8) is 0 Å². The summed E-state index contributed by atoms with van der Waals surface area (Å²) in [5.74, 6) is -0.488. The van der Waals surface area contributed by atoms with Gasteiger partial charge in [-0.15, -0.1) is 11.3 Å². The topological polar surface area (TPSA) is 62.7 Å². The van der Waals surface area contributed by atoms with Crippen molar-refractivity contribution >= 4 is 17.3 Å². The average molecular weight is 296 g/mol. The number of rotatable bonds is 5. The summed E-state index contributed by atoms with van der Waals surface area (Å²) in [5.41, 5.74) is 0.786. The van der Waals surface area contributed by atoms with Gasteiger partial charge >= 0.3 is 5.97 Å². The Labute approximate surface area is 122 Å². The Morgan fingerprint density at radius 3 is 3.00 bits per heavy atom. The molecule has 2 aliphatic rings. The number of thiazole rings is 1. The molecule has 6 heteroatoms. The van der Waals surface area contributed by atoms with Crippen LogP contribution in [0.5, 0.6) is 0 Å². The molecule has 1 aliphatic heterocycles. The Kier molecular flexibility index (Phi) is 4.05. The maximum absolute atomic E-state index is 11.3. The summed E-state index contributed by atoms with van der Waals surface area (Å²) >= 11 is 1.30. The summed E-state index contributed by atoms with van der Waals surface area (Å²) in [5, 5.41) is 10.1. The standard InChI is InChI=1S/C14H20N2O3S/c1-2-5-16-6-7-19-10(8-16)13-15-11(9-3-4-9)12(20-13)14(17)18/h9-10H,2-8H2,1H3,(H,17,18). The van der Waals surface area contributed by atoms with Crippen molar-refractivity contribution in [1.82, 2.24) is 9.88 Å². The minimum absolute atomic E-state index is 0.0640. The SMILES string of the molecule is CCCN1CCOC(c2nc(C3CC3)c(C(=O)O)s2)C1. The number of carbonyl (C=O) groups is 1. The first-order valence-corrected chi connectivity index (χ1v) is 8.08. The molecule has 0 bridgehead atoms. The van der Waals surface area contributed by atoms with Gasteiger partial charge in [-0.3, -0.25) is 4.90 Å². The second-order valence-electron chi connectivity index (χ2n) is 5.51. The van der Waals surface area contributed by atoms with E-state index in [-0.39, 0.29) is 6.10 Å². The van der Waals surface area contributed by atoms with Gasteiger partial charge in [-0.1, -0.05) is 6.92 Å². The Morgan fingerprint density at radius 2 is 2.35 bits per heavy atom. The molecule has 2 fully saturated rings. The predicted molar refractivity (Wildman–Crippen MR) is 76.5 cm³/mol. The van der Waals surface area contributed by atoms with Crippen LogP contribution in [0.15, 0.2) is 0 Å². The van der Waals surface area contributed by atoms with Crippen molar-refractivity contribution < 1.29 is 14.6 Å². The van der Waals surface area contributed by atoms with Gasteiger partial charge in [-0.25, -0.2) is 9.78 Å². The van der Waals surface area contributed by atoms with E-state index in [0.29, 0.717) is 17.4 Å². The summed E-state index contributed by atoms with van der Waals surface area (Å²) in [6, 6.07) is 0. The molecule has 1 aliphatic carbocycles. The van der Waals surface area contributed by atoms with Gasteiger partial charge < -0.3 is 9.84 Å². The van der Waals surface area contributed by atoms with E-state index >= 15 is 0 Å². The second kappa shape index (κ2) is 5.79. The number of morpholine rings is 1. The fourth-order valence-corrected chi connectivity index (χ4v) is 3.68. The van der Waals surface area contributed by atoms with Crippen molar-refractivity contribution in [2.45, 2.75) is 38.2 Å². The first-order valence-electron chi connectivity index (χ1n) is 7.27.